The van der Waals surface area contributed by atoms with Crippen LogP contribution in [0.25, 0.3) is 0 Å². The zero-order valence-corrected chi connectivity index (χ0v) is 11.0. The third-order valence-corrected chi connectivity index (χ3v) is 3.96. The predicted molar refractivity (Wildman–Crippen MR) is 70.2 cm³/mol. The van der Waals surface area contributed by atoms with Crippen LogP contribution in [-0.4, -0.2) is 35.4 Å². The van der Waals surface area contributed by atoms with Gasteiger partial charge in [0.2, 0.25) is 5.91 Å². The van der Waals surface area contributed by atoms with E-state index in [0.29, 0.717) is 17.7 Å². The molecule has 1 aromatic heterocycles. The van der Waals surface area contributed by atoms with E-state index in [1.54, 1.807) is 6.20 Å². The van der Waals surface area contributed by atoms with E-state index in [4.69, 9.17) is 0 Å². The summed E-state index contributed by atoms with van der Waals surface area (Å²) in [4.78, 5) is 18.0. The van der Waals surface area contributed by atoms with Crippen molar-refractivity contribution in [1.29, 1.82) is 0 Å². The Bertz CT molecular complexity index is 347. The van der Waals surface area contributed by atoms with E-state index in [1.807, 2.05) is 12.4 Å². The van der Waals surface area contributed by atoms with Gasteiger partial charge in [-0.1, -0.05) is 19.3 Å². The van der Waals surface area contributed by atoms with Gasteiger partial charge < -0.3 is 5.32 Å². The summed E-state index contributed by atoms with van der Waals surface area (Å²) >= 11 is 1.45. The quantitative estimate of drug-likeness (QED) is 0.896. The van der Waals surface area contributed by atoms with E-state index >= 15 is 0 Å². The number of hydrogen-bond donors (Lipinski definition) is 1. The van der Waals surface area contributed by atoms with Gasteiger partial charge in [-0.15, -0.1) is 11.3 Å². The zero-order chi connectivity index (χ0) is 12.1. The standard InChI is InChI=1S/C12H19N3OS/c1-15(10-5-3-2-4-6-10)9-11(16)14-12-13-7-8-17-12/h7-8,10H,2-6,9H2,1H3,(H,13,14,16). The monoisotopic (exact) mass is 253 g/mol. The van der Waals surface area contributed by atoms with Crippen molar-refractivity contribution < 1.29 is 4.79 Å². The highest BCUT2D eigenvalue weighted by atomic mass is 32.1. The molecule has 5 heteroatoms. The van der Waals surface area contributed by atoms with Gasteiger partial charge in [-0.05, 0) is 19.9 Å². The van der Waals surface area contributed by atoms with Crippen LogP contribution in [0, 0.1) is 0 Å². The maximum Gasteiger partial charge on any atom is 0.240 e. The Kier molecular flexibility index (Phi) is 4.50. The second kappa shape index (κ2) is 6.12. The molecule has 4 nitrogen and oxygen atoms in total. The van der Waals surface area contributed by atoms with Crippen LogP contribution >= 0.6 is 11.3 Å². The van der Waals surface area contributed by atoms with Crippen molar-refractivity contribution in [3.8, 4) is 0 Å². The molecule has 1 amide bonds. The number of hydrogen-bond acceptors (Lipinski definition) is 4. The second-order valence-corrected chi connectivity index (χ2v) is 5.49. The zero-order valence-electron chi connectivity index (χ0n) is 10.2. The van der Waals surface area contributed by atoms with Gasteiger partial charge in [0.15, 0.2) is 5.13 Å². The van der Waals surface area contributed by atoms with Crippen molar-refractivity contribution in [3.63, 3.8) is 0 Å². The minimum atomic E-state index is 0.0352. The summed E-state index contributed by atoms with van der Waals surface area (Å²) < 4.78 is 0. The van der Waals surface area contributed by atoms with Crippen molar-refractivity contribution in [2.45, 2.75) is 38.1 Å². The van der Waals surface area contributed by atoms with E-state index in [9.17, 15) is 4.79 Å². The normalized spacial score (nSPS) is 17.3. The van der Waals surface area contributed by atoms with E-state index in [1.165, 1.54) is 43.4 Å². The fourth-order valence-corrected chi connectivity index (χ4v) is 2.87. The van der Waals surface area contributed by atoms with Gasteiger partial charge >= 0.3 is 0 Å². The second-order valence-electron chi connectivity index (χ2n) is 4.59. The molecule has 1 aliphatic rings. The first-order chi connectivity index (χ1) is 8.25. The fraction of sp³-hybridized carbons (Fsp3) is 0.667. The minimum absolute atomic E-state index is 0.0352. The van der Waals surface area contributed by atoms with E-state index in [2.05, 4.69) is 15.2 Å². The molecule has 94 valence electrons. The SMILES string of the molecule is CN(CC(=O)Nc1nccs1)C1CCCCC1. The van der Waals surface area contributed by atoms with Gasteiger partial charge in [0.05, 0.1) is 6.54 Å². The summed E-state index contributed by atoms with van der Waals surface area (Å²) in [6, 6.07) is 0.575. The van der Waals surface area contributed by atoms with E-state index < -0.39 is 0 Å². The molecule has 0 atom stereocenters. The Balaban J connectivity index is 1.77. The summed E-state index contributed by atoms with van der Waals surface area (Å²) in [6.45, 7) is 0.463. The molecule has 0 radical (unpaired) electrons. The molecule has 0 bridgehead atoms. The summed E-state index contributed by atoms with van der Waals surface area (Å²) in [5.74, 6) is 0.0352. The molecule has 1 aliphatic carbocycles. The summed E-state index contributed by atoms with van der Waals surface area (Å²) in [5, 5.41) is 5.37. The number of likely N-dealkylation sites (N-methyl/N-ethyl adjacent to an activating group) is 1. The Morgan fingerprint density at radius 1 is 1.53 bits per heavy atom. The smallest absolute Gasteiger partial charge is 0.240 e. The lowest BCUT2D eigenvalue weighted by Gasteiger charge is -2.30. The number of amides is 1. The number of nitrogens with zero attached hydrogens (tertiary/aromatic N) is 2. The molecule has 0 saturated heterocycles. The van der Waals surface area contributed by atoms with Crippen LogP contribution in [-0.2, 0) is 4.79 Å². The molecule has 0 aromatic carbocycles. The highest BCUT2D eigenvalue weighted by Crippen LogP contribution is 2.21. The van der Waals surface area contributed by atoms with Crippen molar-refractivity contribution in [1.82, 2.24) is 9.88 Å². The molecule has 1 N–H and O–H groups in total. The molecule has 1 aromatic rings. The first kappa shape index (κ1) is 12.5. The average molecular weight is 253 g/mol. The first-order valence-electron chi connectivity index (χ1n) is 6.15. The Hall–Kier alpha value is -0.940. The number of carbonyl (C=O) groups excluding carboxylic acids is 1. The summed E-state index contributed by atoms with van der Waals surface area (Å²) in [7, 11) is 2.04. The fourth-order valence-electron chi connectivity index (χ4n) is 2.32. The van der Waals surface area contributed by atoms with Gasteiger partial charge in [-0.3, -0.25) is 9.69 Å². The molecule has 0 spiro atoms. The molecule has 2 rings (SSSR count). The van der Waals surface area contributed by atoms with Gasteiger partial charge in [-0.2, -0.15) is 0 Å². The number of nitrogens with one attached hydrogen (secondary N) is 1. The third-order valence-electron chi connectivity index (χ3n) is 3.27. The lowest BCUT2D eigenvalue weighted by molar-refractivity contribution is -0.117. The molecule has 1 saturated carbocycles. The Labute approximate surface area is 106 Å². The van der Waals surface area contributed by atoms with Gasteiger partial charge in [0, 0.05) is 17.6 Å². The van der Waals surface area contributed by atoms with Crippen molar-refractivity contribution in [2.75, 3.05) is 18.9 Å². The minimum Gasteiger partial charge on any atom is -0.301 e. The number of anilines is 1. The Morgan fingerprint density at radius 2 is 2.29 bits per heavy atom. The number of thiazole rings is 1. The van der Waals surface area contributed by atoms with Crippen LogP contribution < -0.4 is 5.32 Å². The Morgan fingerprint density at radius 3 is 2.94 bits per heavy atom. The molecular formula is C12H19N3OS. The molecule has 0 aliphatic heterocycles. The molecule has 1 fully saturated rings. The molecule has 1 heterocycles. The van der Waals surface area contributed by atoms with Crippen molar-refractivity contribution >= 4 is 22.4 Å². The molecule has 17 heavy (non-hydrogen) atoms. The van der Waals surface area contributed by atoms with Gasteiger partial charge in [0.25, 0.3) is 0 Å². The average Bonchev–Trinajstić information content (AvgIpc) is 2.82. The predicted octanol–water partition coefficient (Wildman–Crippen LogP) is 2.35. The van der Waals surface area contributed by atoms with Crippen LogP contribution in [0.4, 0.5) is 5.13 Å². The van der Waals surface area contributed by atoms with Crippen molar-refractivity contribution in [3.05, 3.63) is 11.6 Å². The highest BCUT2D eigenvalue weighted by Gasteiger charge is 2.19. The van der Waals surface area contributed by atoms with E-state index in [-0.39, 0.29) is 5.91 Å². The lowest BCUT2D eigenvalue weighted by atomic mass is 9.94. The van der Waals surface area contributed by atoms with Crippen molar-refractivity contribution in [2.24, 2.45) is 0 Å². The molecular weight excluding hydrogens is 234 g/mol. The number of aromatic nitrogens is 1. The molecule has 0 unspecified atom stereocenters. The van der Waals surface area contributed by atoms with Crippen LogP contribution in [0.2, 0.25) is 0 Å². The van der Waals surface area contributed by atoms with E-state index in [0.717, 1.165) is 0 Å². The first-order valence-corrected chi connectivity index (χ1v) is 7.03. The largest absolute Gasteiger partial charge is 0.301 e. The van der Waals surface area contributed by atoms with Crippen LogP contribution in [0.1, 0.15) is 32.1 Å². The summed E-state index contributed by atoms with van der Waals surface area (Å²) in [6.07, 6.45) is 8.08. The van der Waals surface area contributed by atoms with Crippen LogP contribution in [0.15, 0.2) is 11.6 Å². The van der Waals surface area contributed by atoms with Crippen LogP contribution in [0.3, 0.4) is 0 Å². The number of carbonyl (C=O) groups is 1. The van der Waals surface area contributed by atoms with Gasteiger partial charge in [0.1, 0.15) is 0 Å². The number of rotatable bonds is 4. The lowest BCUT2D eigenvalue weighted by Crippen LogP contribution is -2.39. The topological polar surface area (TPSA) is 45.2 Å². The maximum absolute atomic E-state index is 11.8. The van der Waals surface area contributed by atoms with Crippen LogP contribution in [0.5, 0.6) is 0 Å². The van der Waals surface area contributed by atoms with Gasteiger partial charge in [-0.25, -0.2) is 4.98 Å². The maximum atomic E-state index is 11.8. The third kappa shape index (κ3) is 3.78. The summed E-state index contributed by atoms with van der Waals surface area (Å²) in [5.41, 5.74) is 0. The highest BCUT2D eigenvalue weighted by molar-refractivity contribution is 7.13.